The highest BCUT2D eigenvalue weighted by Gasteiger charge is 2.47. The Labute approximate surface area is 619 Å². The van der Waals surface area contributed by atoms with E-state index < -0.39 is 16.1 Å². The average Bonchev–Trinajstić information content (AvgIpc) is 0.890. The van der Waals surface area contributed by atoms with E-state index >= 15 is 0 Å². The molecule has 0 fully saturated rings. The zero-order valence-corrected chi connectivity index (χ0v) is 60.2. The molecule has 0 aliphatic carbocycles. The summed E-state index contributed by atoms with van der Waals surface area (Å²) in [6.45, 7) is 0. The van der Waals surface area contributed by atoms with Gasteiger partial charge in [-0.3, -0.25) is 9.13 Å². The molecule has 0 saturated carbocycles. The van der Waals surface area contributed by atoms with Crippen molar-refractivity contribution in [1.82, 2.24) is 19.1 Å². The van der Waals surface area contributed by atoms with Crippen LogP contribution in [-0.2, 0) is 0 Å². The summed E-state index contributed by atoms with van der Waals surface area (Å²) in [5.74, 6) is 2.11. The van der Waals surface area contributed by atoms with Gasteiger partial charge in [-0.05, 0) is 127 Å². The molecule has 0 spiro atoms. The molecule has 0 aliphatic rings. The second-order valence-electron chi connectivity index (χ2n) is 27.5. The zero-order chi connectivity index (χ0) is 70.4. The molecule has 0 aliphatic heterocycles. The van der Waals surface area contributed by atoms with Crippen molar-refractivity contribution in [2.24, 2.45) is 0 Å². The first-order valence-electron chi connectivity index (χ1n) is 36.4. The number of hydrogen-bond donors (Lipinski definition) is 0. The minimum Gasteiger partial charge on any atom is -0.294 e. The highest BCUT2D eigenvalue weighted by atomic mass is 28.3. The molecular formula is C100H70N4Si2. The second kappa shape index (κ2) is 27.1. The quantitative estimate of drug-likeness (QED) is 0.0714. The summed E-state index contributed by atoms with van der Waals surface area (Å²) in [5.41, 5.74) is 16.7. The molecule has 3 heterocycles. The van der Waals surface area contributed by atoms with E-state index in [1.54, 1.807) is 0 Å². The van der Waals surface area contributed by atoms with E-state index in [4.69, 9.17) is 9.97 Å². The van der Waals surface area contributed by atoms with Crippen LogP contribution in [0, 0.1) is 0 Å². The lowest BCUT2D eigenvalue weighted by Gasteiger charge is -2.39. The monoisotopic (exact) mass is 1380 g/mol. The van der Waals surface area contributed by atoms with Crippen LogP contribution in [0.2, 0.25) is 0 Å². The molecule has 19 rings (SSSR count). The zero-order valence-electron chi connectivity index (χ0n) is 58.2. The highest BCUT2D eigenvalue weighted by molar-refractivity contribution is 7.22. The van der Waals surface area contributed by atoms with Crippen molar-refractivity contribution in [2.45, 2.75) is 0 Å². The van der Waals surface area contributed by atoms with Crippen LogP contribution < -0.4 is 41.5 Å². The van der Waals surface area contributed by atoms with E-state index in [2.05, 4.69) is 434 Å². The Morgan fingerprint density at radius 3 is 0.755 bits per heavy atom. The van der Waals surface area contributed by atoms with E-state index in [1.165, 1.54) is 41.5 Å². The maximum absolute atomic E-state index is 6.16. The Morgan fingerprint density at radius 1 is 0.160 bits per heavy atom. The molecular weight excluding hydrogens is 1310 g/mol. The van der Waals surface area contributed by atoms with E-state index in [-0.39, 0.29) is 0 Å². The van der Waals surface area contributed by atoms with Gasteiger partial charge in [-0.1, -0.05) is 388 Å². The summed E-state index contributed by atoms with van der Waals surface area (Å²) in [5, 5.41) is 14.5. The lowest BCUT2D eigenvalue weighted by Crippen LogP contribution is -2.78. The number of rotatable bonds is 16. The van der Waals surface area contributed by atoms with Gasteiger partial charge in [0.2, 0.25) is 0 Å². The van der Waals surface area contributed by atoms with E-state index in [0.29, 0.717) is 5.82 Å². The standard InChI is InChI=1S/C100H70N4Si2/c1-8-32-71(33-9-1)76-42-28-50-84(62-76)105(82-46-18-6-19-47-82,85-51-29-43-77(63-85)72-34-10-2-11-35-72)88-66-81(67-89(69-88)106(83-48-20-7-21-49-83,86-52-30-44-78(64-86)73-36-12-3-13-37-73)87-53-31-45-79(65-87)74-38-14-4-15-39-74)100-101-98(103-94-57-25-22-54-90(94)91-55-23-26-58-95(91)103)70-99(102-100)104-96-59-27-24-56-92(96)93-68-80(60-61-97(93)104)75-40-16-5-17-41-75/h1-70H. The SMILES string of the molecule is c1ccc(-c2cccc([Si](c3ccccc3)(c3cccc(-c4ccccc4)c3)c3cc(-c4nc(-n5c6ccccc6c6ccccc65)cc(-n5c6ccccc6c6cc(-c7ccccc7)ccc65)n4)cc([Si](c4ccccc4)(c4cccc(-c5ccccc5)c4)c4cccc(-c5ccccc5)c4)c3)c2)cc1. The fourth-order valence-corrected chi connectivity index (χ4v) is 26.7. The molecule has 0 bridgehead atoms. The molecule has 0 radical (unpaired) electrons. The predicted octanol–water partition coefficient (Wildman–Crippen LogP) is 19.4. The molecule has 0 unspecified atom stereocenters. The third-order valence-corrected chi connectivity index (χ3v) is 31.0. The van der Waals surface area contributed by atoms with Crippen LogP contribution in [0.15, 0.2) is 425 Å². The van der Waals surface area contributed by atoms with Crippen molar-refractivity contribution in [2.75, 3.05) is 0 Å². The Morgan fingerprint density at radius 2 is 0.415 bits per heavy atom. The lowest BCUT2D eigenvalue weighted by molar-refractivity contribution is 0.994. The molecule has 3 aromatic heterocycles. The average molecular weight is 1380 g/mol. The van der Waals surface area contributed by atoms with Gasteiger partial charge in [0.15, 0.2) is 22.0 Å². The van der Waals surface area contributed by atoms with E-state index in [1.807, 2.05) is 0 Å². The number of benzene rings is 16. The molecule has 0 saturated heterocycles. The van der Waals surface area contributed by atoms with Crippen molar-refractivity contribution < 1.29 is 0 Å². The molecule has 498 valence electrons. The molecule has 16 aromatic carbocycles. The Balaban J connectivity index is 1.00. The molecule has 106 heavy (non-hydrogen) atoms. The second-order valence-corrected chi connectivity index (χ2v) is 35.2. The van der Waals surface area contributed by atoms with E-state index in [9.17, 15) is 0 Å². The Hall–Kier alpha value is -13.4. The first kappa shape index (κ1) is 63.5. The van der Waals surface area contributed by atoms with Crippen molar-refractivity contribution in [3.05, 3.63) is 425 Å². The van der Waals surface area contributed by atoms with Crippen LogP contribution in [0.4, 0.5) is 0 Å². The minimum atomic E-state index is -3.69. The predicted molar refractivity (Wildman–Crippen MR) is 451 cm³/mol. The van der Waals surface area contributed by atoms with Crippen molar-refractivity contribution in [3.63, 3.8) is 0 Å². The van der Waals surface area contributed by atoms with Crippen LogP contribution >= 0.6 is 0 Å². The smallest absolute Gasteiger partial charge is 0.179 e. The third kappa shape index (κ3) is 11.1. The maximum atomic E-state index is 6.16. The van der Waals surface area contributed by atoms with Gasteiger partial charge < -0.3 is 0 Å². The number of para-hydroxylation sites is 3. The number of fused-ring (bicyclic) bond motifs is 6. The fourth-order valence-electron chi connectivity index (χ4n) is 16.8. The summed E-state index contributed by atoms with van der Waals surface area (Å²) in [6, 6.07) is 158. The summed E-state index contributed by atoms with van der Waals surface area (Å²) in [6.07, 6.45) is 0. The van der Waals surface area contributed by atoms with Gasteiger partial charge in [0.25, 0.3) is 0 Å². The van der Waals surface area contributed by atoms with Gasteiger partial charge in [-0.25, -0.2) is 9.97 Å². The number of hydrogen-bond acceptors (Lipinski definition) is 2. The van der Waals surface area contributed by atoms with E-state index in [0.717, 1.165) is 116 Å². The minimum absolute atomic E-state index is 0.600. The summed E-state index contributed by atoms with van der Waals surface area (Å²) < 4.78 is 4.75. The van der Waals surface area contributed by atoms with Crippen LogP contribution in [0.5, 0.6) is 0 Å². The maximum Gasteiger partial charge on any atom is 0.179 e. The highest BCUT2D eigenvalue weighted by Crippen LogP contribution is 2.38. The van der Waals surface area contributed by atoms with Crippen LogP contribution in [0.3, 0.4) is 0 Å². The van der Waals surface area contributed by atoms with Gasteiger partial charge in [0.1, 0.15) is 11.6 Å². The van der Waals surface area contributed by atoms with Crippen LogP contribution in [-0.4, -0.2) is 35.2 Å². The largest absolute Gasteiger partial charge is 0.294 e. The first-order chi connectivity index (χ1) is 52.5. The molecule has 19 aromatic rings. The normalized spacial score (nSPS) is 11.8. The lowest BCUT2D eigenvalue weighted by atomic mass is 10.0. The summed E-state index contributed by atoms with van der Waals surface area (Å²) in [7, 11) is -7.38. The van der Waals surface area contributed by atoms with Crippen LogP contribution in [0.25, 0.3) is 122 Å². The molecule has 6 heteroatoms. The first-order valence-corrected chi connectivity index (χ1v) is 40.4. The van der Waals surface area contributed by atoms with Crippen molar-refractivity contribution in [3.8, 4) is 78.7 Å². The topological polar surface area (TPSA) is 35.6 Å². The van der Waals surface area contributed by atoms with Gasteiger partial charge >= 0.3 is 0 Å². The molecule has 0 atom stereocenters. The van der Waals surface area contributed by atoms with Crippen molar-refractivity contribution in [1.29, 1.82) is 0 Å². The van der Waals surface area contributed by atoms with Crippen LogP contribution in [0.1, 0.15) is 0 Å². The Kier molecular flexibility index (Phi) is 16.3. The van der Waals surface area contributed by atoms with Crippen molar-refractivity contribution >= 4 is 101 Å². The molecule has 0 amide bonds. The number of nitrogens with zero attached hydrogens (tertiary/aromatic N) is 4. The fraction of sp³-hybridized carbons (Fsp3) is 0. The number of aromatic nitrogens is 4. The van der Waals surface area contributed by atoms with Gasteiger partial charge in [-0.15, -0.1) is 0 Å². The summed E-state index contributed by atoms with van der Waals surface area (Å²) in [4.78, 5) is 12.3. The van der Waals surface area contributed by atoms with Gasteiger partial charge in [0.05, 0.1) is 22.1 Å². The molecule has 0 N–H and O–H groups in total. The Bertz CT molecular complexity index is 5990. The van der Waals surface area contributed by atoms with Gasteiger partial charge in [-0.2, -0.15) is 0 Å². The summed E-state index contributed by atoms with van der Waals surface area (Å²) >= 11 is 0. The third-order valence-electron chi connectivity index (χ3n) is 21.6. The molecule has 4 nitrogen and oxygen atoms in total. The van der Waals surface area contributed by atoms with Gasteiger partial charge in [0, 0.05) is 33.2 Å².